The summed E-state index contributed by atoms with van der Waals surface area (Å²) in [6, 6.07) is 0.0348. The second-order valence-electron chi connectivity index (χ2n) is 5.58. The van der Waals surface area contributed by atoms with E-state index in [-0.39, 0.29) is 11.9 Å². The Balaban J connectivity index is 2.00. The van der Waals surface area contributed by atoms with Crippen LogP contribution in [-0.2, 0) is 4.79 Å². The largest absolute Gasteiger partial charge is 0.355 e. The van der Waals surface area contributed by atoms with Gasteiger partial charge in [-0.1, -0.05) is 27.2 Å². The van der Waals surface area contributed by atoms with Gasteiger partial charge in [-0.25, -0.2) is 0 Å². The monoisotopic (exact) mass is 244 g/mol. The van der Waals surface area contributed by atoms with Crippen molar-refractivity contribution in [1.82, 2.24) is 10.6 Å². The Morgan fingerprint density at radius 2 is 2.19 bits per heavy atom. The second kappa shape index (κ2) is 6.50. The summed E-state index contributed by atoms with van der Waals surface area (Å²) in [5, 5.41) is 6.17. The van der Waals surface area contributed by atoms with Gasteiger partial charge in [0.1, 0.15) is 0 Å². The highest BCUT2D eigenvalue weighted by Gasteiger charge is 2.21. The molecule has 1 unspecified atom stereocenters. The van der Waals surface area contributed by atoms with E-state index in [0.717, 1.165) is 24.6 Å². The minimum absolute atomic E-state index is 0.0348. The molecule has 0 bridgehead atoms. The third-order valence-corrected chi connectivity index (χ3v) is 3.63. The molecule has 0 radical (unpaired) electrons. The van der Waals surface area contributed by atoms with Gasteiger partial charge in [0.25, 0.3) is 0 Å². The molecule has 4 heteroatoms. The number of carbonyl (C=O) groups excluding carboxylic acids is 1. The molecule has 1 atom stereocenters. The Labute approximate surface area is 103 Å². The molecular weight excluding hydrogens is 220 g/mol. The lowest BCUT2D eigenvalue weighted by atomic mass is 9.90. The fourth-order valence-electron chi connectivity index (χ4n) is 1.68. The molecule has 1 aliphatic rings. The van der Waals surface area contributed by atoms with E-state index in [4.69, 9.17) is 0 Å². The van der Waals surface area contributed by atoms with Crippen molar-refractivity contribution in [2.75, 3.05) is 18.2 Å². The molecule has 1 rings (SSSR count). The SMILES string of the molecule is CC(C)(C)CCCCNC(=O)C1CSCN1. The van der Waals surface area contributed by atoms with E-state index >= 15 is 0 Å². The lowest BCUT2D eigenvalue weighted by molar-refractivity contribution is -0.122. The minimum atomic E-state index is 0.0348. The number of hydrogen-bond donors (Lipinski definition) is 2. The first kappa shape index (κ1) is 13.8. The van der Waals surface area contributed by atoms with Crippen LogP contribution in [0.5, 0.6) is 0 Å². The molecule has 16 heavy (non-hydrogen) atoms. The summed E-state index contributed by atoms with van der Waals surface area (Å²) in [5.41, 5.74) is 0.410. The van der Waals surface area contributed by atoms with Crippen LogP contribution in [0.15, 0.2) is 0 Å². The minimum Gasteiger partial charge on any atom is -0.355 e. The Hall–Kier alpha value is -0.220. The van der Waals surface area contributed by atoms with Crippen molar-refractivity contribution in [2.45, 2.75) is 46.1 Å². The number of carbonyl (C=O) groups is 1. The summed E-state index contributed by atoms with van der Waals surface area (Å²) in [6.45, 7) is 7.58. The average molecular weight is 244 g/mol. The highest BCUT2D eigenvalue weighted by atomic mass is 32.2. The molecule has 1 amide bonds. The molecule has 94 valence electrons. The normalized spacial score (nSPS) is 21.1. The Morgan fingerprint density at radius 3 is 2.75 bits per heavy atom. The van der Waals surface area contributed by atoms with Crippen LogP contribution in [-0.4, -0.2) is 30.1 Å². The summed E-state index contributed by atoms with van der Waals surface area (Å²) in [5.74, 6) is 1.98. The van der Waals surface area contributed by atoms with Gasteiger partial charge in [0, 0.05) is 18.2 Å². The van der Waals surface area contributed by atoms with Crippen LogP contribution >= 0.6 is 11.8 Å². The molecular formula is C12H24N2OS. The molecule has 0 aromatic carbocycles. The number of thioether (sulfide) groups is 1. The van der Waals surface area contributed by atoms with Gasteiger partial charge < -0.3 is 5.32 Å². The third kappa shape index (κ3) is 5.75. The van der Waals surface area contributed by atoms with Crippen molar-refractivity contribution in [3.63, 3.8) is 0 Å². The van der Waals surface area contributed by atoms with Gasteiger partial charge in [-0.3, -0.25) is 10.1 Å². The van der Waals surface area contributed by atoms with E-state index in [2.05, 4.69) is 31.4 Å². The van der Waals surface area contributed by atoms with E-state index in [0.29, 0.717) is 5.41 Å². The molecule has 1 aliphatic heterocycles. The number of nitrogens with one attached hydrogen (secondary N) is 2. The van der Waals surface area contributed by atoms with E-state index in [1.165, 1.54) is 12.8 Å². The fourth-order valence-corrected chi connectivity index (χ4v) is 2.62. The zero-order valence-corrected chi connectivity index (χ0v) is 11.5. The van der Waals surface area contributed by atoms with Gasteiger partial charge in [-0.05, 0) is 18.3 Å². The predicted molar refractivity (Wildman–Crippen MR) is 70.6 cm³/mol. The van der Waals surface area contributed by atoms with E-state index in [9.17, 15) is 4.79 Å². The number of amides is 1. The number of hydrogen-bond acceptors (Lipinski definition) is 3. The van der Waals surface area contributed by atoms with Crippen molar-refractivity contribution >= 4 is 17.7 Å². The maximum atomic E-state index is 11.6. The van der Waals surface area contributed by atoms with Gasteiger partial charge >= 0.3 is 0 Å². The van der Waals surface area contributed by atoms with Crippen molar-refractivity contribution in [3.8, 4) is 0 Å². The standard InChI is InChI=1S/C12H24N2OS/c1-12(2,3)6-4-5-7-13-11(15)10-8-16-9-14-10/h10,14H,4-9H2,1-3H3,(H,13,15). The van der Waals surface area contributed by atoms with Crippen molar-refractivity contribution in [3.05, 3.63) is 0 Å². The van der Waals surface area contributed by atoms with Crippen LogP contribution in [0.3, 0.4) is 0 Å². The van der Waals surface area contributed by atoms with Crippen molar-refractivity contribution < 1.29 is 4.79 Å². The molecule has 0 aromatic heterocycles. The number of unbranched alkanes of at least 4 members (excludes halogenated alkanes) is 1. The van der Waals surface area contributed by atoms with Crippen LogP contribution < -0.4 is 10.6 Å². The van der Waals surface area contributed by atoms with E-state index < -0.39 is 0 Å². The summed E-state index contributed by atoms with van der Waals surface area (Å²) < 4.78 is 0. The summed E-state index contributed by atoms with van der Waals surface area (Å²) >= 11 is 1.79. The molecule has 3 nitrogen and oxygen atoms in total. The molecule has 1 heterocycles. The first-order valence-electron chi connectivity index (χ1n) is 6.08. The van der Waals surface area contributed by atoms with Crippen LogP contribution in [0, 0.1) is 5.41 Å². The smallest absolute Gasteiger partial charge is 0.238 e. The first-order chi connectivity index (χ1) is 7.49. The molecule has 1 saturated heterocycles. The van der Waals surface area contributed by atoms with E-state index in [1.54, 1.807) is 11.8 Å². The molecule has 0 aliphatic carbocycles. The van der Waals surface area contributed by atoms with Gasteiger partial charge in [-0.15, -0.1) is 11.8 Å². The van der Waals surface area contributed by atoms with E-state index in [1.807, 2.05) is 0 Å². The molecule has 0 aromatic rings. The topological polar surface area (TPSA) is 41.1 Å². The predicted octanol–water partition coefficient (Wildman–Crippen LogP) is 1.98. The van der Waals surface area contributed by atoms with Crippen LogP contribution in [0.1, 0.15) is 40.0 Å². The lowest BCUT2D eigenvalue weighted by Crippen LogP contribution is -2.42. The third-order valence-electron chi connectivity index (χ3n) is 2.69. The molecule has 2 N–H and O–H groups in total. The Morgan fingerprint density at radius 1 is 1.44 bits per heavy atom. The van der Waals surface area contributed by atoms with Gasteiger partial charge in [0.05, 0.1) is 6.04 Å². The fraction of sp³-hybridized carbons (Fsp3) is 0.917. The maximum Gasteiger partial charge on any atom is 0.238 e. The van der Waals surface area contributed by atoms with Crippen molar-refractivity contribution in [2.24, 2.45) is 5.41 Å². The Bertz CT molecular complexity index is 220. The van der Waals surface area contributed by atoms with Gasteiger partial charge in [0.15, 0.2) is 0 Å². The molecule has 0 spiro atoms. The van der Waals surface area contributed by atoms with Gasteiger partial charge in [0.2, 0.25) is 5.91 Å². The van der Waals surface area contributed by atoms with Crippen LogP contribution in [0.4, 0.5) is 0 Å². The maximum absolute atomic E-state index is 11.6. The highest BCUT2D eigenvalue weighted by molar-refractivity contribution is 7.99. The average Bonchev–Trinajstić information content (AvgIpc) is 2.67. The highest BCUT2D eigenvalue weighted by Crippen LogP contribution is 2.21. The quantitative estimate of drug-likeness (QED) is 0.727. The van der Waals surface area contributed by atoms with Gasteiger partial charge in [-0.2, -0.15) is 0 Å². The summed E-state index contributed by atoms with van der Waals surface area (Å²) in [6.07, 6.45) is 3.50. The lowest BCUT2D eigenvalue weighted by Gasteiger charge is -2.17. The molecule has 0 saturated carbocycles. The second-order valence-corrected chi connectivity index (χ2v) is 6.61. The molecule has 1 fully saturated rings. The van der Waals surface area contributed by atoms with Crippen LogP contribution in [0.25, 0.3) is 0 Å². The number of rotatable bonds is 5. The first-order valence-corrected chi connectivity index (χ1v) is 7.23. The summed E-state index contributed by atoms with van der Waals surface area (Å²) in [7, 11) is 0. The van der Waals surface area contributed by atoms with Crippen LogP contribution in [0.2, 0.25) is 0 Å². The van der Waals surface area contributed by atoms with Crippen molar-refractivity contribution in [1.29, 1.82) is 0 Å². The zero-order valence-electron chi connectivity index (χ0n) is 10.6. The zero-order chi connectivity index (χ0) is 12.0. The Kier molecular flexibility index (Phi) is 5.62. The summed E-state index contributed by atoms with van der Waals surface area (Å²) in [4.78, 5) is 11.6.